The molecule has 0 spiro atoms. The normalized spacial score (nSPS) is 19.3. The summed E-state index contributed by atoms with van der Waals surface area (Å²) < 4.78 is 35.1. The van der Waals surface area contributed by atoms with Gasteiger partial charge in [-0.05, 0) is 12.9 Å². The molecule has 0 unspecified atom stereocenters. The summed E-state index contributed by atoms with van der Waals surface area (Å²) in [4.78, 5) is 11.3. The highest BCUT2D eigenvalue weighted by Crippen LogP contribution is 2.11. The van der Waals surface area contributed by atoms with Gasteiger partial charge < -0.3 is 4.74 Å². The summed E-state index contributed by atoms with van der Waals surface area (Å²) in [5, 5.41) is 0. The van der Waals surface area contributed by atoms with Crippen LogP contribution in [0.5, 0.6) is 0 Å². The molecule has 0 aliphatic heterocycles. The number of carbonyl (C=O) groups is 1. The van der Waals surface area contributed by atoms with E-state index in [-0.39, 0.29) is 6.61 Å². The van der Waals surface area contributed by atoms with Crippen LogP contribution in [-0.4, -0.2) is 20.7 Å². The molecule has 66 valence electrons. The highest BCUT2D eigenvalue weighted by atomic mass is 28.3. The summed E-state index contributed by atoms with van der Waals surface area (Å²) in [5.74, 6) is -3.26. The van der Waals surface area contributed by atoms with Gasteiger partial charge in [-0.1, -0.05) is 19.6 Å². The Bertz CT molecular complexity index is 248. The predicted octanol–water partition coefficient (Wildman–Crippen LogP) is 2.28. The molecule has 0 radical (unpaired) electrons. The minimum Gasteiger partial charge on any atom is -0.466 e. The summed E-state index contributed by atoms with van der Waals surface area (Å²) in [6.45, 7) is 6.68. The molecule has 0 bridgehead atoms. The predicted molar refractivity (Wildman–Crippen MR) is 49.4 cm³/mol. The van der Waals surface area contributed by atoms with E-state index in [9.17, 15) is 4.79 Å². The first kappa shape index (κ1) is 5.35. The second-order valence-electron chi connectivity index (χ2n) is 3.22. The van der Waals surface area contributed by atoms with Gasteiger partial charge in [0.25, 0.3) is 0 Å². The summed E-state index contributed by atoms with van der Waals surface area (Å²) >= 11 is 0. The monoisotopic (exact) mass is 178 g/mol. The third kappa shape index (κ3) is 7.59. The van der Waals surface area contributed by atoms with Crippen LogP contribution >= 0.6 is 0 Å². The fraction of sp³-hybridized carbons (Fsp3) is 0.875. The van der Waals surface area contributed by atoms with Crippen molar-refractivity contribution in [2.24, 2.45) is 0 Å². The quantitative estimate of drug-likeness (QED) is 0.487. The van der Waals surface area contributed by atoms with Crippen molar-refractivity contribution in [3.05, 3.63) is 0 Å². The number of hydrogen-bond donors (Lipinski definition) is 0. The van der Waals surface area contributed by atoms with Crippen LogP contribution in [0, 0.1) is 0 Å². The molecule has 0 fully saturated rings. The Kier molecular flexibility index (Phi) is 2.21. The Morgan fingerprint density at radius 2 is 2.09 bits per heavy atom. The molecule has 0 aromatic rings. The molecule has 0 atom stereocenters. The molecule has 2 nitrogen and oxygen atoms in total. The molecular weight excluding hydrogens is 156 g/mol. The molecule has 0 rings (SSSR count). The van der Waals surface area contributed by atoms with Crippen LogP contribution in [0.15, 0.2) is 0 Å². The zero-order valence-electron chi connectivity index (χ0n) is 11.5. The standard InChI is InChI=1S/C8H18O2Si/c1-5-10-8(9)6-7-11(2,3)4/h5-7H2,1-4H3/i6D2,7D2. The fourth-order valence-corrected chi connectivity index (χ4v) is 0.883. The molecule has 0 saturated heterocycles. The van der Waals surface area contributed by atoms with Gasteiger partial charge in [0.1, 0.15) is 0 Å². The van der Waals surface area contributed by atoms with Gasteiger partial charge in [-0.2, -0.15) is 0 Å². The van der Waals surface area contributed by atoms with Crippen molar-refractivity contribution in [2.75, 3.05) is 6.61 Å². The summed E-state index contributed by atoms with van der Waals surface area (Å²) in [6, 6.07) is 0. The topological polar surface area (TPSA) is 26.3 Å². The zero-order chi connectivity index (χ0) is 12.5. The Labute approximate surface area is 75.6 Å². The van der Waals surface area contributed by atoms with E-state index in [4.69, 9.17) is 5.48 Å². The Hall–Kier alpha value is -0.313. The number of esters is 1. The van der Waals surface area contributed by atoms with Gasteiger partial charge >= 0.3 is 5.97 Å². The van der Waals surface area contributed by atoms with Crippen molar-refractivity contribution in [1.29, 1.82) is 0 Å². The van der Waals surface area contributed by atoms with E-state index in [1.165, 1.54) is 0 Å². The molecule has 0 aliphatic rings. The van der Waals surface area contributed by atoms with Gasteiger partial charge in [0.2, 0.25) is 0 Å². The third-order valence-electron chi connectivity index (χ3n) is 0.815. The average Bonchev–Trinajstić information content (AvgIpc) is 2.02. The van der Waals surface area contributed by atoms with Crippen LogP contribution in [0.2, 0.25) is 25.6 Å². The third-order valence-corrected chi connectivity index (χ3v) is 1.69. The zero-order valence-corrected chi connectivity index (χ0v) is 8.52. The molecule has 0 aliphatic carbocycles. The molecule has 0 heterocycles. The first-order chi connectivity index (χ1) is 6.48. The van der Waals surface area contributed by atoms with Gasteiger partial charge in [0.05, 0.1) is 6.61 Å². The van der Waals surface area contributed by atoms with Crippen molar-refractivity contribution in [3.63, 3.8) is 0 Å². The van der Waals surface area contributed by atoms with Crippen LogP contribution in [0.3, 0.4) is 0 Å². The van der Waals surface area contributed by atoms with E-state index >= 15 is 0 Å². The van der Waals surface area contributed by atoms with Crippen LogP contribution in [0.25, 0.3) is 0 Å². The van der Waals surface area contributed by atoms with Crippen molar-refractivity contribution in [2.45, 2.75) is 38.9 Å². The Morgan fingerprint density at radius 1 is 1.55 bits per heavy atom. The number of ether oxygens (including phenoxy) is 1. The van der Waals surface area contributed by atoms with Gasteiger partial charge in [-0.3, -0.25) is 4.79 Å². The van der Waals surface area contributed by atoms with E-state index in [0.717, 1.165) is 0 Å². The molecule has 0 aromatic heterocycles. The molecule has 0 saturated carbocycles. The second kappa shape index (κ2) is 4.54. The molecule has 3 heteroatoms. The average molecular weight is 178 g/mol. The van der Waals surface area contributed by atoms with Crippen molar-refractivity contribution < 1.29 is 15.0 Å². The maximum absolute atomic E-state index is 11.3. The van der Waals surface area contributed by atoms with Gasteiger partial charge in [-0.25, -0.2) is 0 Å². The lowest BCUT2D eigenvalue weighted by molar-refractivity contribution is -0.142. The molecule has 0 aromatic carbocycles. The minimum atomic E-state index is -2.58. The maximum atomic E-state index is 11.3. The summed E-state index contributed by atoms with van der Waals surface area (Å²) in [7, 11) is -2.45. The number of rotatable bonds is 4. The van der Waals surface area contributed by atoms with E-state index in [1.807, 2.05) is 0 Å². The van der Waals surface area contributed by atoms with Crippen LogP contribution in [0.1, 0.15) is 18.8 Å². The van der Waals surface area contributed by atoms with Crippen LogP contribution in [0.4, 0.5) is 0 Å². The molecule has 0 N–H and O–H groups in total. The lowest BCUT2D eigenvalue weighted by Crippen LogP contribution is -2.21. The van der Waals surface area contributed by atoms with Crippen molar-refractivity contribution >= 4 is 14.0 Å². The smallest absolute Gasteiger partial charge is 0.305 e. The maximum Gasteiger partial charge on any atom is 0.305 e. The second-order valence-corrected chi connectivity index (χ2v) is 7.97. The first-order valence-electron chi connectivity index (χ1n) is 5.65. The fourth-order valence-electron chi connectivity index (χ4n) is 0.406. The lowest BCUT2D eigenvalue weighted by Gasteiger charge is -2.14. The molecule has 0 amide bonds. The minimum absolute atomic E-state index is 0.0557. The highest BCUT2D eigenvalue weighted by Gasteiger charge is 2.14. The number of carbonyl (C=O) groups excluding carboxylic acids is 1. The Morgan fingerprint density at radius 3 is 2.45 bits per heavy atom. The van der Waals surface area contributed by atoms with E-state index in [2.05, 4.69) is 4.74 Å². The SMILES string of the molecule is [2H]C([2H])(C(=O)OCC)C([2H])([2H])[Si](C)(C)C. The van der Waals surface area contributed by atoms with Crippen LogP contribution < -0.4 is 0 Å². The molecular formula is C8H18O2Si. The lowest BCUT2D eigenvalue weighted by atomic mass is 10.5. The van der Waals surface area contributed by atoms with Gasteiger partial charge in [-0.15, -0.1) is 0 Å². The number of hydrogen-bond acceptors (Lipinski definition) is 2. The van der Waals surface area contributed by atoms with Gasteiger partial charge in [0, 0.05) is 19.9 Å². The summed E-state index contributed by atoms with van der Waals surface area (Å²) in [6.07, 6.45) is -2.58. The molecule has 11 heavy (non-hydrogen) atoms. The highest BCUT2D eigenvalue weighted by molar-refractivity contribution is 6.76. The Balaban J connectivity index is 5.10. The largest absolute Gasteiger partial charge is 0.466 e. The van der Waals surface area contributed by atoms with E-state index in [0.29, 0.717) is 0 Å². The van der Waals surface area contributed by atoms with Crippen molar-refractivity contribution in [1.82, 2.24) is 0 Å². The van der Waals surface area contributed by atoms with E-state index < -0.39 is 26.4 Å². The van der Waals surface area contributed by atoms with Crippen LogP contribution in [-0.2, 0) is 9.53 Å². The summed E-state index contributed by atoms with van der Waals surface area (Å²) in [5.41, 5.74) is 0. The van der Waals surface area contributed by atoms with Gasteiger partial charge in [0.15, 0.2) is 0 Å². The van der Waals surface area contributed by atoms with Crippen molar-refractivity contribution in [3.8, 4) is 0 Å². The first-order valence-corrected chi connectivity index (χ1v) is 7.15. The van der Waals surface area contributed by atoms with E-state index in [1.54, 1.807) is 26.6 Å².